The van der Waals surface area contributed by atoms with Crippen molar-refractivity contribution in [2.75, 3.05) is 0 Å². The van der Waals surface area contributed by atoms with E-state index in [9.17, 15) is 26.3 Å². The van der Waals surface area contributed by atoms with Crippen LogP contribution in [0, 0.1) is 6.07 Å². The highest BCUT2D eigenvalue weighted by Crippen LogP contribution is 2.40. The van der Waals surface area contributed by atoms with Crippen molar-refractivity contribution in [1.82, 2.24) is 9.94 Å². The Morgan fingerprint density at radius 2 is 1.75 bits per heavy atom. The zero-order valence-corrected chi connectivity index (χ0v) is 9.46. The molecule has 9 heteroatoms. The molecule has 2 rings (SSSR count). The van der Waals surface area contributed by atoms with Crippen LogP contribution in [-0.2, 0) is 12.4 Å². The lowest BCUT2D eigenvalue weighted by Crippen LogP contribution is -2.15. The molecule has 0 atom stereocenters. The van der Waals surface area contributed by atoms with E-state index in [1.807, 2.05) is 0 Å². The van der Waals surface area contributed by atoms with Gasteiger partial charge in [0.1, 0.15) is 5.56 Å². The fourth-order valence-electron chi connectivity index (χ4n) is 1.38. The molecule has 0 amide bonds. The summed E-state index contributed by atoms with van der Waals surface area (Å²) in [5, 5.41) is 3.46. The first kappa shape index (κ1) is 14.2. The number of rotatable bonds is 2. The molecule has 0 saturated heterocycles. The third kappa shape index (κ3) is 3.03. The van der Waals surface area contributed by atoms with Gasteiger partial charge >= 0.3 is 12.4 Å². The quantitative estimate of drug-likeness (QED) is 0.792. The monoisotopic (exact) mass is 295 g/mol. The fourth-order valence-corrected chi connectivity index (χ4v) is 1.38. The number of nitrogens with zero attached hydrogens (tertiary/aromatic N) is 2. The van der Waals surface area contributed by atoms with Crippen LogP contribution in [0.2, 0.25) is 0 Å². The number of hydrogen-bond donors (Lipinski definition) is 0. The van der Waals surface area contributed by atoms with Crippen molar-refractivity contribution in [3.8, 4) is 5.75 Å². The topological polar surface area (TPSA) is 27.1 Å². The number of halogens is 6. The summed E-state index contributed by atoms with van der Waals surface area (Å²) < 4.78 is 75.6. The van der Waals surface area contributed by atoms with Crippen LogP contribution in [0.1, 0.15) is 11.1 Å². The second-order valence-corrected chi connectivity index (χ2v) is 3.64. The van der Waals surface area contributed by atoms with Crippen LogP contribution in [0.3, 0.4) is 0 Å². The molecule has 0 spiro atoms. The van der Waals surface area contributed by atoms with Crippen molar-refractivity contribution in [3.05, 3.63) is 47.8 Å². The molecule has 2 aromatic rings. The minimum absolute atomic E-state index is 0.0114. The third-order valence-corrected chi connectivity index (χ3v) is 2.24. The summed E-state index contributed by atoms with van der Waals surface area (Å²) in [7, 11) is 0. The minimum Gasteiger partial charge on any atom is -0.357 e. The van der Waals surface area contributed by atoms with Gasteiger partial charge in [0, 0.05) is 6.07 Å². The Bertz CT molecular complexity index is 588. The highest BCUT2D eigenvalue weighted by molar-refractivity contribution is 5.40. The summed E-state index contributed by atoms with van der Waals surface area (Å²) in [6.07, 6.45) is -7.67. The molecule has 107 valence electrons. The van der Waals surface area contributed by atoms with Gasteiger partial charge in [0.05, 0.1) is 18.0 Å². The van der Waals surface area contributed by atoms with Gasteiger partial charge in [-0.2, -0.15) is 26.3 Å². The van der Waals surface area contributed by atoms with Crippen LogP contribution in [0.15, 0.2) is 30.6 Å². The lowest BCUT2D eigenvalue weighted by molar-refractivity contribution is -0.144. The average Bonchev–Trinajstić information content (AvgIpc) is 2.79. The molecule has 0 unspecified atom stereocenters. The molecule has 1 aromatic carbocycles. The lowest BCUT2D eigenvalue weighted by Gasteiger charge is -2.15. The van der Waals surface area contributed by atoms with Crippen molar-refractivity contribution in [2.24, 2.45) is 0 Å². The van der Waals surface area contributed by atoms with Gasteiger partial charge in [-0.05, 0) is 18.2 Å². The van der Waals surface area contributed by atoms with Gasteiger partial charge in [-0.15, -0.1) is 5.10 Å². The van der Waals surface area contributed by atoms with Crippen molar-refractivity contribution in [2.45, 2.75) is 12.4 Å². The second-order valence-electron chi connectivity index (χ2n) is 3.64. The van der Waals surface area contributed by atoms with Crippen molar-refractivity contribution < 1.29 is 31.2 Å². The average molecular weight is 295 g/mol. The van der Waals surface area contributed by atoms with Crippen LogP contribution in [0.4, 0.5) is 26.3 Å². The van der Waals surface area contributed by atoms with E-state index in [0.29, 0.717) is 17.0 Å². The highest BCUT2D eigenvalue weighted by atomic mass is 19.4. The van der Waals surface area contributed by atoms with Crippen LogP contribution in [0.5, 0.6) is 5.75 Å². The summed E-state index contributed by atoms with van der Waals surface area (Å²) in [4.78, 5) is 5.38. The molecule has 0 bridgehead atoms. The van der Waals surface area contributed by atoms with E-state index in [1.165, 1.54) is 0 Å². The second kappa shape index (κ2) is 4.73. The predicted molar refractivity (Wildman–Crippen MR) is 53.5 cm³/mol. The molecule has 1 aromatic heterocycles. The first-order valence-corrected chi connectivity index (χ1v) is 5.05. The van der Waals surface area contributed by atoms with E-state index in [0.717, 1.165) is 12.4 Å². The molecule has 0 saturated carbocycles. The van der Waals surface area contributed by atoms with Crippen molar-refractivity contribution in [3.63, 3.8) is 0 Å². The Balaban J connectivity index is 2.46. The van der Waals surface area contributed by atoms with E-state index in [1.54, 1.807) is 0 Å². The van der Waals surface area contributed by atoms with Gasteiger partial charge in [0.25, 0.3) is 0 Å². The maximum absolute atomic E-state index is 12.8. The third-order valence-electron chi connectivity index (χ3n) is 2.24. The van der Waals surface area contributed by atoms with E-state index < -0.39 is 29.2 Å². The standard InChI is InChI=1S/C11H5F6N2O/c12-10(13,14)7-2-3-9(8(6-7)11(15,16)17)20-19-5-1-4-18-19/h2-6H. The minimum atomic E-state index is -4.99. The maximum Gasteiger partial charge on any atom is 0.420 e. The zero-order valence-electron chi connectivity index (χ0n) is 9.46. The zero-order chi connectivity index (χ0) is 15.0. The lowest BCUT2D eigenvalue weighted by atomic mass is 10.1. The smallest absolute Gasteiger partial charge is 0.357 e. The molecule has 1 heterocycles. The molecule has 0 fully saturated rings. The summed E-state index contributed by atoms with van der Waals surface area (Å²) >= 11 is 0. The van der Waals surface area contributed by atoms with E-state index in [-0.39, 0.29) is 6.07 Å². The molecule has 20 heavy (non-hydrogen) atoms. The molecule has 0 N–H and O–H groups in total. The first-order valence-electron chi connectivity index (χ1n) is 5.05. The first-order chi connectivity index (χ1) is 9.18. The molecule has 0 aliphatic heterocycles. The van der Waals surface area contributed by atoms with Gasteiger partial charge in [0.2, 0.25) is 0 Å². The Labute approximate surface area is 108 Å². The van der Waals surface area contributed by atoms with E-state index >= 15 is 0 Å². The summed E-state index contributed by atoms with van der Waals surface area (Å²) in [5.74, 6) is -0.789. The summed E-state index contributed by atoms with van der Waals surface area (Å²) in [6.45, 7) is 0. The van der Waals surface area contributed by atoms with Gasteiger partial charge in [-0.3, -0.25) is 0 Å². The Morgan fingerprint density at radius 3 is 2.25 bits per heavy atom. The summed E-state index contributed by atoms with van der Waals surface area (Å²) in [5.41, 5.74) is -2.95. The number of alkyl halides is 6. The molecule has 1 radical (unpaired) electrons. The van der Waals surface area contributed by atoms with Gasteiger partial charge < -0.3 is 4.84 Å². The number of hydrogen-bond acceptors (Lipinski definition) is 2. The normalized spacial score (nSPS) is 12.5. The molecular formula is C11H5F6N2O. The van der Waals surface area contributed by atoms with Crippen molar-refractivity contribution in [1.29, 1.82) is 0 Å². The Kier molecular flexibility index (Phi) is 3.36. The van der Waals surface area contributed by atoms with Crippen LogP contribution >= 0.6 is 0 Å². The van der Waals surface area contributed by atoms with E-state index in [4.69, 9.17) is 4.84 Å². The van der Waals surface area contributed by atoms with Gasteiger partial charge in [0.15, 0.2) is 5.75 Å². The predicted octanol–water partition coefficient (Wildman–Crippen LogP) is 3.56. The van der Waals surface area contributed by atoms with Crippen molar-refractivity contribution >= 4 is 0 Å². The number of aromatic nitrogens is 2. The molecule has 0 aliphatic carbocycles. The SMILES string of the molecule is FC(F)(F)c1ccc(On2c[c]cn2)c(C(F)(F)F)c1. The van der Waals surface area contributed by atoms with Crippen LogP contribution < -0.4 is 4.84 Å². The Morgan fingerprint density at radius 1 is 1.05 bits per heavy atom. The fraction of sp³-hybridized carbons (Fsp3) is 0.182. The van der Waals surface area contributed by atoms with Gasteiger partial charge in [-0.1, -0.05) is 4.85 Å². The maximum atomic E-state index is 12.8. The Hall–Kier alpha value is -2.19. The van der Waals surface area contributed by atoms with Gasteiger partial charge in [-0.25, -0.2) is 0 Å². The number of benzene rings is 1. The summed E-state index contributed by atoms with van der Waals surface area (Å²) in [6, 6.07) is 3.49. The van der Waals surface area contributed by atoms with E-state index in [2.05, 4.69) is 11.2 Å². The van der Waals surface area contributed by atoms with Crippen LogP contribution in [-0.4, -0.2) is 9.94 Å². The largest absolute Gasteiger partial charge is 0.420 e. The van der Waals surface area contributed by atoms with Crippen LogP contribution in [0.25, 0.3) is 0 Å². The highest BCUT2D eigenvalue weighted by Gasteiger charge is 2.39. The molecular weight excluding hydrogens is 290 g/mol. The molecule has 0 aliphatic rings. The molecule has 3 nitrogen and oxygen atoms in total.